The number of carbonyl (C=O) groups excluding carboxylic acids is 1. The molecule has 1 heterocycles. The van der Waals surface area contributed by atoms with Crippen molar-refractivity contribution >= 4 is 22.6 Å². The highest BCUT2D eigenvalue weighted by molar-refractivity contribution is 5.98. The predicted molar refractivity (Wildman–Crippen MR) is 85.4 cm³/mol. The quantitative estimate of drug-likeness (QED) is 0.724. The number of aryl methyl sites for hydroxylation is 1. The van der Waals surface area contributed by atoms with E-state index in [9.17, 15) is 19.1 Å². The Morgan fingerprint density at radius 1 is 1.13 bits per heavy atom. The average Bonchev–Trinajstić information content (AvgIpc) is 2.49. The second kappa shape index (κ2) is 5.57. The van der Waals surface area contributed by atoms with Crippen LogP contribution in [0.15, 0.2) is 53.3 Å². The number of amides is 1. The molecule has 0 aliphatic rings. The van der Waals surface area contributed by atoms with Gasteiger partial charge in [-0.05, 0) is 48.9 Å². The third-order valence-electron chi connectivity index (χ3n) is 3.51. The number of phenols is 1. The van der Waals surface area contributed by atoms with Crippen LogP contribution in [-0.2, 0) is 0 Å². The number of nitrogens with zero attached hydrogens (tertiary/aromatic N) is 1. The Hall–Kier alpha value is -3.15. The second-order valence-electron chi connectivity index (χ2n) is 5.14. The van der Waals surface area contributed by atoms with Gasteiger partial charge in [-0.1, -0.05) is 0 Å². The van der Waals surface area contributed by atoms with E-state index < -0.39 is 17.4 Å². The molecule has 1 amide bonds. The van der Waals surface area contributed by atoms with Gasteiger partial charge in [-0.15, -0.1) is 0 Å². The number of phenolic OH excluding ortho intramolecular Hbond substituents is 1. The molecule has 3 aromatic rings. The van der Waals surface area contributed by atoms with Crippen molar-refractivity contribution in [3.05, 3.63) is 70.3 Å². The van der Waals surface area contributed by atoms with Gasteiger partial charge in [0.2, 0.25) is 0 Å². The fourth-order valence-electron chi connectivity index (χ4n) is 2.41. The third-order valence-corrected chi connectivity index (χ3v) is 3.51. The van der Waals surface area contributed by atoms with E-state index in [-0.39, 0.29) is 5.75 Å². The molecule has 23 heavy (non-hydrogen) atoms. The van der Waals surface area contributed by atoms with Crippen LogP contribution >= 0.6 is 0 Å². The first-order valence-corrected chi connectivity index (χ1v) is 6.88. The maximum absolute atomic E-state index is 12.9. The lowest BCUT2D eigenvalue weighted by molar-refractivity contribution is 0.253. The number of halogens is 1. The second-order valence-corrected chi connectivity index (χ2v) is 5.14. The van der Waals surface area contributed by atoms with E-state index in [4.69, 9.17) is 0 Å². The van der Waals surface area contributed by atoms with Gasteiger partial charge in [-0.3, -0.25) is 4.79 Å². The van der Waals surface area contributed by atoms with Gasteiger partial charge in [0.1, 0.15) is 11.6 Å². The number of pyridine rings is 1. The Morgan fingerprint density at radius 2 is 1.83 bits per heavy atom. The Morgan fingerprint density at radius 3 is 2.52 bits per heavy atom. The molecule has 0 saturated heterocycles. The number of rotatable bonds is 1. The minimum atomic E-state index is -0.683. The van der Waals surface area contributed by atoms with Crippen LogP contribution in [0.1, 0.15) is 5.56 Å². The van der Waals surface area contributed by atoms with Gasteiger partial charge in [-0.25, -0.2) is 13.8 Å². The normalized spacial score (nSPS) is 10.7. The largest absolute Gasteiger partial charge is 0.508 e. The van der Waals surface area contributed by atoms with Gasteiger partial charge in [0.25, 0.3) is 5.56 Å². The van der Waals surface area contributed by atoms with Crippen molar-refractivity contribution in [3.63, 3.8) is 0 Å². The molecule has 0 atom stereocenters. The topological polar surface area (TPSA) is 71.3 Å². The molecule has 0 aliphatic carbocycles. The molecular formula is C17H13FN2O3. The molecule has 5 nitrogen and oxygen atoms in total. The SMILES string of the molecule is Cc1cc(=O)n(C(=O)Nc2ccc(F)cc2)c2cc(O)ccc12. The average molecular weight is 312 g/mol. The first-order chi connectivity index (χ1) is 11.0. The summed E-state index contributed by atoms with van der Waals surface area (Å²) >= 11 is 0. The molecule has 0 aliphatic heterocycles. The summed E-state index contributed by atoms with van der Waals surface area (Å²) < 4.78 is 13.8. The van der Waals surface area contributed by atoms with Crippen molar-refractivity contribution in [2.24, 2.45) is 0 Å². The molecular weight excluding hydrogens is 299 g/mol. The van der Waals surface area contributed by atoms with E-state index >= 15 is 0 Å². The smallest absolute Gasteiger partial charge is 0.333 e. The minimum Gasteiger partial charge on any atom is -0.508 e. The number of hydrogen-bond acceptors (Lipinski definition) is 3. The van der Waals surface area contributed by atoms with Crippen LogP contribution in [0.5, 0.6) is 5.75 Å². The van der Waals surface area contributed by atoms with E-state index in [1.165, 1.54) is 42.5 Å². The van der Waals surface area contributed by atoms with E-state index in [1.807, 2.05) is 0 Å². The van der Waals surface area contributed by atoms with Crippen molar-refractivity contribution in [2.45, 2.75) is 6.92 Å². The molecule has 0 bridgehead atoms. The summed E-state index contributed by atoms with van der Waals surface area (Å²) in [7, 11) is 0. The maximum atomic E-state index is 12.9. The summed E-state index contributed by atoms with van der Waals surface area (Å²) in [6, 6.07) is 10.4. The molecule has 2 N–H and O–H groups in total. The molecule has 3 rings (SSSR count). The number of nitrogens with one attached hydrogen (secondary N) is 1. The fraction of sp³-hybridized carbons (Fsp3) is 0.0588. The van der Waals surface area contributed by atoms with Crippen molar-refractivity contribution in [1.82, 2.24) is 4.57 Å². The summed E-state index contributed by atoms with van der Waals surface area (Å²) in [6.07, 6.45) is 0. The molecule has 0 saturated carbocycles. The summed E-state index contributed by atoms with van der Waals surface area (Å²) in [5.74, 6) is -0.475. The van der Waals surface area contributed by atoms with Gasteiger partial charge < -0.3 is 10.4 Å². The van der Waals surface area contributed by atoms with E-state index in [2.05, 4.69) is 5.32 Å². The number of aromatic nitrogens is 1. The highest BCUT2D eigenvalue weighted by atomic mass is 19.1. The molecule has 0 radical (unpaired) electrons. The van der Waals surface area contributed by atoms with Crippen molar-refractivity contribution < 1.29 is 14.3 Å². The molecule has 0 fully saturated rings. The zero-order valence-corrected chi connectivity index (χ0v) is 12.2. The van der Waals surface area contributed by atoms with Crippen molar-refractivity contribution in [1.29, 1.82) is 0 Å². The molecule has 0 unspecified atom stereocenters. The number of carbonyl (C=O) groups is 1. The van der Waals surface area contributed by atoms with Crippen LogP contribution in [0.4, 0.5) is 14.9 Å². The summed E-state index contributed by atoms with van der Waals surface area (Å²) in [5, 5.41) is 12.9. The molecule has 2 aromatic carbocycles. The highest BCUT2D eigenvalue weighted by Gasteiger charge is 2.14. The zero-order valence-electron chi connectivity index (χ0n) is 12.2. The highest BCUT2D eigenvalue weighted by Crippen LogP contribution is 2.21. The third kappa shape index (κ3) is 2.78. The van der Waals surface area contributed by atoms with Crippen LogP contribution in [0, 0.1) is 12.7 Å². The zero-order chi connectivity index (χ0) is 16.6. The van der Waals surface area contributed by atoms with Crippen LogP contribution in [0.3, 0.4) is 0 Å². The van der Waals surface area contributed by atoms with E-state index in [1.54, 1.807) is 13.0 Å². The summed E-state index contributed by atoms with van der Waals surface area (Å²) in [4.78, 5) is 24.6. The lowest BCUT2D eigenvalue weighted by atomic mass is 10.1. The molecule has 116 valence electrons. The molecule has 6 heteroatoms. The van der Waals surface area contributed by atoms with Crippen LogP contribution < -0.4 is 10.9 Å². The number of hydrogen-bond donors (Lipinski definition) is 2. The number of anilines is 1. The van der Waals surface area contributed by atoms with Gasteiger partial charge >= 0.3 is 6.03 Å². The van der Waals surface area contributed by atoms with Crippen LogP contribution in [0.25, 0.3) is 10.9 Å². The minimum absolute atomic E-state index is 0.0502. The van der Waals surface area contributed by atoms with Gasteiger partial charge in [0, 0.05) is 23.2 Å². The summed E-state index contributed by atoms with van der Waals surface area (Å²) in [5.41, 5.74) is 0.850. The number of benzene rings is 2. The maximum Gasteiger partial charge on any atom is 0.333 e. The predicted octanol–water partition coefficient (Wildman–Crippen LogP) is 3.23. The van der Waals surface area contributed by atoms with Crippen molar-refractivity contribution in [2.75, 3.05) is 5.32 Å². The molecule has 0 spiro atoms. The van der Waals surface area contributed by atoms with Gasteiger partial charge in [0.05, 0.1) is 5.52 Å². The first kappa shape index (κ1) is 14.8. The van der Waals surface area contributed by atoms with E-state index in [0.29, 0.717) is 22.2 Å². The fourth-order valence-corrected chi connectivity index (χ4v) is 2.41. The molecule has 1 aromatic heterocycles. The number of aromatic hydroxyl groups is 1. The van der Waals surface area contributed by atoms with Crippen molar-refractivity contribution in [3.8, 4) is 5.75 Å². The summed E-state index contributed by atoms with van der Waals surface area (Å²) in [6.45, 7) is 1.75. The standard InChI is InChI=1S/C17H13FN2O3/c1-10-8-16(22)20(15-9-13(21)6-7-14(10)15)17(23)19-12-4-2-11(18)3-5-12/h2-9,21H,1H3,(H,19,23). The lowest BCUT2D eigenvalue weighted by Crippen LogP contribution is -2.31. The van der Waals surface area contributed by atoms with Gasteiger partial charge in [-0.2, -0.15) is 0 Å². The van der Waals surface area contributed by atoms with Crippen LogP contribution in [0.2, 0.25) is 0 Å². The first-order valence-electron chi connectivity index (χ1n) is 6.88. The Labute approximate surface area is 130 Å². The number of fused-ring (bicyclic) bond motifs is 1. The lowest BCUT2D eigenvalue weighted by Gasteiger charge is -2.12. The Kier molecular flexibility index (Phi) is 3.57. The Balaban J connectivity index is 2.11. The monoisotopic (exact) mass is 312 g/mol. The van der Waals surface area contributed by atoms with Gasteiger partial charge in [0.15, 0.2) is 0 Å². The Bertz CT molecular complexity index is 962. The van der Waals surface area contributed by atoms with E-state index in [0.717, 1.165) is 4.57 Å². The van der Waals surface area contributed by atoms with Crippen LogP contribution in [-0.4, -0.2) is 15.7 Å².